The van der Waals surface area contributed by atoms with Crippen molar-refractivity contribution in [3.63, 3.8) is 0 Å². The van der Waals surface area contributed by atoms with Gasteiger partial charge in [-0.25, -0.2) is 0 Å². The van der Waals surface area contributed by atoms with Crippen molar-refractivity contribution in [2.45, 2.75) is 19.4 Å². The van der Waals surface area contributed by atoms with E-state index in [0.29, 0.717) is 11.4 Å². The third-order valence-corrected chi connectivity index (χ3v) is 4.07. The van der Waals surface area contributed by atoms with Crippen molar-refractivity contribution < 1.29 is 19.1 Å². The van der Waals surface area contributed by atoms with Crippen LogP contribution in [0.2, 0.25) is 0 Å². The molecule has 6 nitrogen and oxygen atoms in total. The van der Waals surface area contributed by atoms with Crippen LogP contribution in [0.4, 0.5) is 5.69 Å². The van der Waals surface area contributed by atoms with E-state index in [-0.39, 0.29) is 6.54 Å². The molecule has 138 valence electrons. The Balaban J connectivity index is 1.99. The van der Waals surface area contributed by atoms with Crippen LogP contribution >= 0.6 is 0 Å². The number of benzene rings is 2. The number of methoxy groups -OCH3 is 2. The van der Waals surface area contributed by atoms with Crippen molar-refractivity contribution in [1.29, 1.82) is 0 Å². The van der Waals surface area contributed by atoms with Crippen LogP contribution in [0.3, 0.4) is 0 Å². The van der Waals surface area contributed by atoms with Gasteiger partial charge in [0.25, 0.3) is 0 Å². The summed E-state index contributed by atoms with van der Waals surface area (Å²) in [7, 11) is 3.11. The summed E-state index contributed by atoms with van der Waals surface area (Å²) < 4.78 is 10.8. The second-order valence-electron chi connectivity index (χ2n) is 5.64. The summed E-state index contributed by atoms with van der Waals surface area (Å²) in [6.45, 7) is 2.14. The lowest BCUT2D eigenvalue weighted by atomic mass is 10.1. The summed E-state index contributed by atoms with van der Waals surface area (Å²) in [5.74, 6) is -0.761. The lowest BCUT2D eigenvalue weighted by Crippen LogP contribution is -2.38. The molecule has 1 atom stereocenters. The number of ether oxygens (including phenoxy) is 2. The Bertz CT molecular complexity index is 761. The smallest absolute Gasteiger partial charge is 0.313 e. The van der Waals surface area contributed by atoms with Crippen LogP contribution < -0.4 is 15.4 Å². The molecule has 0 bridgehead atoms. The van der Waals surface area contributed by atoms with Gasteiger partial charge in [0.2, 0.25) is 0 Å². The Kier molecular flexibility index (Phi) is 7.17. The number of anilines is 1. The lowest BCUT2D eigenvalue weighted by molar-refractivity contribution is -0.136. The molecular formula is C20H24N2O4. The minimum absolute atomic E-state index is 0.151. The van der Waals surface area contributed by atoms with Crippen molar-refractivity contribution >= 4 is 17.5 Å². The van der Waals surface area contributed by atoms with Crippen LogP contribution in [0.1, 0.15) is 24.2 Å². The van der Waals surface area contributed by atoms with E-state index < -0.39 is 17.9 Å². The molecule has 0 aliphatic heterocycles. The van der Waals surface area contributed by atoms with Gasteiger partial charge in [0.15, 0.2) is 0 Å². The Labute approximate surface area is 153 Å². The normalized spacial score (nSPS) is 11.5. The van der Waals surface area contributed by atoms with Crippen molar-refractivity contribution in [1.82, 2.24) is 5.32 Å². The van der Waals surface area contributed by atoms with Gasteiger partial charge in [-0.1, -0.05) is 43.3 Å². The Morgan fingerprint density at radius 2 is 1.69 bits per heavy atom. The number of rotatable bonds is 7. The number of amides is 2. The summed E-state index contributed by atoms with van der Waals surface area (Å²) in [4.78, 5) is 24.3. The average Bonchev–Trinajstić information content (AvgIpc) is 2.68. The van der Waals surface area contributed by atoms with E-state index in [9.17, 15) is 9.59 Å². The van der Waals surface area contributed by atoms with E-state index in [1.807, 2.05) is 49.4 Å². The van der Waals surface area contributed by atoms with E-state index in [0.717, 1.165) is 17.5 Å². The van der Waals surface area contributed by atoms with Gasteiger partial charge in [0, 0.05) is 24.9 Å². The highest BCUT2D eigenvalue weighted by atomic mass is 16.5. The number of hydrogen-bond donors (Lipinski definition) is 2. The minimum atomic E-state index is -0.715. The van der Waals surface area contributed by atoms with Crippen LogP contribution in [0, 0.1) is 0 Å². The molecular weight excluding hydrogens is 332 g/mol. The van der Waals surface area contributed by atoms with Gasteiger partial charge in [-0.2, -0.15) is 0 Å². The fourth-order valence-corrected chi connectivity index (χ4v) is 2.65. The fraction of sp³-hybridized carbons (Fsp3) is 0.300. The fourth-order valence-electron chi connectivity index (χ4n) is 2.65. The highest BCUT2D eigenvalue weighted by Crippen LogP contribution is 2.26. The first kappa shape index (κ1) is 19.5. The van der Waals surface area contributed by atoms with Crippen molar-refractivity contribution in [2.24, 2.45) is 0 Å². The van der Waals surface area contributed by atoms with E-state index in [2.05, 4.69) is 10.6 Å². The molecule has 0 radical (unpaired) electrons. The number of hydrogen-bond acceptors (Lipinski definition) is 4. The highest BCUT2D eigenvalue weighted by molar-refractivity contribution is 6.39. The van der Waals surface area contributed by atoms with Crippen LogP contribution in [0.15, 0.2) is 48.5 Å². The molecule has 26 heavy (non-hydrogen) atoms. The first-order valence-corrected chi connectivity index (χ1v) is 8.43. The lowest BCUT2D eigenvalue weighted by Gasteiger charge is -2.19. The molecule has 0 heterocycles. The Morgan fingerprint density at radius 1 is 1.00 bits per heavy atom. The third-order valence-electron chi connectivity index (χ3n) is 4.07. The molecule has 2 amide bonds. The molecule has 0 aliphatic carbocycles. The number of para-hydroxylation sites is 2. The predicted molar refractivity (Wildman–Crippen MR) is 100 cm³/mol. The van der Waals surface area contributed by atoms with Crippen molar-refractivity contribution in [2.75, 3.05) is 26.1 Å². The predicted octanol–water partition coefficient (Wildman–Crippen LogP) is 2.70. The molecule has 0 fully saturated rings. The van der Waals surface area contributed by atoms with Gasteiger partial charge in [-0.3, -0.25) is 9.59 Å². The molecule has 2 rings (SSSR count). The minimum Gasteiger partial charge on any atom is -0.496 e. The maximum absolute atomic E-state index is 12.2. The van der Waals surface area contributed by atoms with Gasteiger partial charge >= 0.3 is 11.8 Å². The standard InChI is InChI=1S/C20H24N2O4/c1-4-14-9-5-7-11-16(14)22-20(24)19(23)21-13-18(26-3)15-10-6-8-12-17(15)25-2/h5-12,18H,4,13H2,1-3H3,(H,21,23)(H,22,24). The zero-order chi connectivity index (χ0) is 18.9. The first-order valence-electron chi connectivity index (χ1n) is 8.43. The number of carbonyl (C=O) groups excluding carboxylic acids is 2. The maximum atomic E-state index is 12.2. The molecule has 0 saturated heterocycles. The summed E-state index contributed by atoms with van der Waals surface area (Å²) in [5.41, 5.74) is 2.41. The monoisotopic (exact) mass is 356 g/mol. The zero-order valence-corrected chi connectivity index (χ0v) is 15.2. The quantitative estimate of drug-likeness (QED) is 0.748. The largest absolute Gasteiger partial charge is 0.496 e. The average molecular weight is 356 g/mol. The van der Waals surface area contributed by atoms with Gasteiger partial charge in [-0.15, -0.1) is 0 Å². The van der Waals surface area contributed by atoms with Crippen molar-refractivity contribution in [3.05, 3.63) is 59.7 Å². The number of aryl methyl sites for hydroxylation is 1. The van der Waals surface area contributed by atoms with Gasteiger partial charge in [-0.05, 0) is 24.1 Å². The topological polar surface area (TPSA) is 76.7 Å². The SMILES string of the molecule is CCc1ccccc1NC(=O)C(=O)NCC(OC)c1ccccc1OC. The van der Waals surface area contributed by atoms with Gasteiger partial charge in [0.05, 0.1) is 7.11 Å². The van der Waals surface area contributed by atoms with Crippen LogP contribution in [-0.4, -0.2) is 32.6 Å². The summed E-state index contributed by atoms with van der Waals surface area (Å²) in [5, 5.41) is 5.26. The van der Waals surface area contributed by atoms with E-state index >= 15 is 0 Å². The second-order valence-corrected chi connectivity index (χ2v) is 5.64. The third kappa shape index (κ3) is 4.83. The van der Waals surface area contributed by atoms with E-state index in [1.54, 1.807) is 20.3 Å². The Morgan fingerprint density at radius 3 is 2.38 bits per heavy atom. The summed E-state index contributed by atoms with van der Waals surface area (Å²) in [6, 6.07) is 14.8. The molecule has 1 unspecified atom stereocenters. The molecule has 0 saturated carbocycles. The molecule has 2 aromatic carbocycles. The summed E-state index contributed by atoms with van der Waals surface area (Å²) >= 11 is 0. The van der Waals surface area contributed by atoms with Crippen molar-refractivity contribution in [3.8, 4) is 5.75 Å². The highest BCUT2D eigenvalue weighted by Gasteiger charge is 2.19. The molecule has 0 aromatic heterocycles. The molecule has 0 aliphatic rings. The van der Waals surface area contributed by atoms with Crippen LogP contribution in [-0.2, 0) is 20.7 Å². The maximum Gasteiger partial charge on any atom is 0.313 e. The zero-order valence-electron chi connectivity index (χ0n) is 15.2. The summed E-state index contributed by atoms with van der Waals surface area (Å²) in [6.07, 6.45) is 0.336. The van der Waals surface area contributed by atoms with E-state index in [4.69, 9.17) is 9.47 Å². The first-order chi connectivity index (χ1) is 12.6. The van der Waals surface area contributed by atoms with Gasteiger partial charge < -0.3 is 20.1 Å². The number of nitrogens with one attached hydrogen (secondary N) is 2. The molecule has 2 aromatic rings. The van der Waals surface area contributed by atoms with Crippen LogP contribution in [0.5, 0.6) is 5.75 Å². The molecule has 2 N–H and O–H groups in total. The van der Waals surface area contributed by atoms with E-state index in [1.165, 1.54) is 0 Å². The number of carbonyl (C=O) groups is 2. The Hall–Kier alpha value is -2.86. The molecule has 6 heteroatoms. The van der Waals surface area contributed by atoms with Crippen LogP contribution in [0.25, 0.3) is 0 Å². The van der Waals surface area contributed by atoms with Gasteiger partial charge in [0.1, 0.15) is 11.9 Å². The second kappa shape index (κ2) is 9.58. The molecule has 0 spiro atoms.